The van der Waals surface area contributed by atoms with Crippen LogP contribution in [-0.4, -0.2) is 34.8 Å². The van der Waals surface area contributed by atoms with Gasteiger partial charge in [-0.05, 0) is 19.8 Å². The average Bonchev–Trinajstić information content (AvgIpc) is 2.59. The number of aryl methyl sites for hydroxylation is 1. The van der Waals surface area contributed by atoms with Crippen molar-refractivity contribution in [3.63, 3.8) is 0 Å². The number of rotatable bonds is 6. The van der Waals surface area contributed by atoms with E-state index < -0.39 is 15.9 Å². The van der Waals surface area contributed by atoms with Crippen LogP contribution in [0.2, 0.25) is 0 Å². The zero-order chi connectivity index (χ0) is 13.1. The van der Waals surface area contributed by atoms with Crippen molar-refractivity contribution in [3.8, 4) is 0 Å². The van der Waals surface area contributed by atoms with E-state index in [2.05, 4.69) is 5.10 Å². The molecule has 0 bridgehead atoms. The molecule has 6 heteroatoms. The van der Waals surface area contributed by atoms with Gasteiger partial charge in [-0.25, -0.2) is 8.42 Å². The Morgan fingerprint density at radius 3 is 2.65 bits per heavy atom. The SMILES string of the molecule is CCS(=O)(=O)CCCC(O)c1cnn(C)c1C. The minimum atomic E-state index is -2.93. The Kier molecular flexibility index (Phi) is 4.70. The fraction of sp³-hybridized carbons (Fsp3) is 0.727. The van der Waals surface area contributed by atoms with E-state index in [4.69, 9.17) is 0 Å². The Bertz CT molecular complexity index is 465. The van der Waals surface area contributed by atoms with Crippen molar-refractivity contribution in [1.82, 2.24) is 9.78 Å². The van der Waals surface area contributed by atoms with Crippen molar-refractivity contribution in [2.45, 2.75) is 32.8 Å². The molecule has 0 radical (unpaired) electrons. The van der Waals surface area contributed by atoms with Gasteiger partial charge in [-0.15, -0.1) is 0 Å². The lowest BCUT2D eigenvalue weighted by atomic mass is 10.1. The van der Waals surface area contributed by atoms with Gasteiger partial charge in [0.05, 0.1) is 18.1 Å². The van der Waals surface area contributed by atoms with E-state index in [1.54, 1.807) is 17.8 Å². The molecule has 1 aromatic heterocycles. The largest absolute Gasteiger partial charge is 0.388 e. The van der Waals surface area contributed by atoms with Gasteiger partial charge in [0.1, 0.15) is 9.84 Å². The van der Waals surface area contributed by atoms with Crippen LogP contribution < -0.4 is 0 Å². The maximum Gasteiger partial charge on any atom is 0.150 e. The highest BCUT2D eigenvalue weighted by atomic mass is 32.2. The summed E-state index contributed by atoms with van der Waals surface area (Å²) in [7, 11) is -1.12. The Hall–Kier alpha value is -0.880. The van der Waals surface area contributed by atoms with Crippen LogP contribution in [0.5, 0.6) is 0 Å². The lowest BCUT2D eigenvalue weighted by Gasteiger charge is -2.10. The number of nitrogens with zero attached hydrogens (tertiary/aromatic N) is 2. The van der Waals surface area contributed by atoms with Crippen LogP contribution in [0, 0.1) is 6.92 Å². The minimum Gasteiger partial charge on any atom is -0.388 e. The molecule has 1 N–H and O–H groups in total. The smallest absolute Gasteiger partial charge is 0.150 e. The Balaban J connectivity index is 2.51. The third-order valence-corrected chi connectivity index (χ3v) is 4.80. The fourth-order valence-electron chi connectivity index (χ4n) is 1.64. The molecule has 1 rings (SSSR count). The van der Waals surface area contributed by atoms with Crippen LogP contribution in [0.1, 0.15) is 37.1 Å². The molecule has 0 aliphatic heterocycles. The molecule has 0 saturated carbocycles. The van der Waals surface area contributed by atoms with Crippen LogP contribution in [0.4, 0.5) is 0 Å². The Morgan fingerprint density at radius 1 is 1.53 bits per heavy atom. The van der Waals surface area contributed by atoms with Crippen molar-refractivity contribution in [2.24, 2.45) is 7.05 Å². The van der Waals surface area contributed by atoms with Gasteiger partial charge >= 0.3 is 0 Å². The van der Waals surface area contributed by atoms with E-state index in [1.807, 2.05) is 14.0 Å². The van der Waals surface area contributed by atoms with Gasteiger partial charge in [0.15, 0.2) is 0 Å². The Morgan fingerprint density at radius 2 is 2.18 bits per heavy atom. The molecule has 0 aliphatic rings. The normalized spacial score (nSPS) is 13.9. The summed E-state index contributed by atoms with van der Waals surface area (Å²) in [6.07, 6.45) is 1.93. The van der Waals surface area contributed by atoms with Gasteiger partial charge in [0, 0.05) is 24.1 Å². The standard InChI is InChI=1S/C11H20N2O3S/c1-4-17(15,16)7-5-6-11(14)10-8-12-13(3)9(10)2/h8,11,14H,4-7H2,1-3H3. The maximum atomic E-state index is 11.3. The molecule has 17 heavy (non-hydrogen) atoms. The van der Waals surface area contributed by atoms with Crippen molar-refractivity contribution in [2.75, 3.05) is 11.5 Å². The first kappa shape index (κ1) is 14.2. The van der Waals surface area contributed by atoms with Crippen molar-refractivity contribution in [1.29, 1.82) is 0 Å². The molecule has 0 aliphatic carbocycles. The molecule has 0 saturated heterocycles. The second-order valence-electron chi connectivity index (χ2n) is 4.20. The average molecular weight is 260 g/mol. The number of hydrogen-bond acceptors (Lipinski definition) is 4. The van der Waals surface area contributed by atoms with E-state index in [1.165, 1.54) is 0 Å². The molecule has 5 nitrogen and oxygen atoms in total. The summed E-state index contributed by atoms with van der Waals surface area (Å²) >= 11 is 0. The van der Waals surface area contributed by atoms with Gasteiger partial charge in [-0.2, -0.15) is 5.10 Å². The van der Waals surface area contributed by atoms with E-state index in [-0.39, 0.29) is 11.5 Å². The van der Waals surface area contributed by atoms with Crippen molar-refractivity contribution >= 4 is 9.84 Å². The number of hydrogen-bond donors (Lipinski definition) is 1. The van der Waals surface area contributed by atoms with E-state index >= 15 is 0 Å². The molecule has 1 heterocycles. The molecule has 98 valence electrons. The lowest BCUT2D eigenvalue weighted by Crippen LogP contribution is -2.10. The monoisotopic (exact) mass is 260 g/mol. The van der Waals surface area contributed by atoms with Crippen LogP contribution in [0.15, 0.2) is 6.20 Å². The highest BCUT2D eigenvalue weighted by Gasteiger charge is 2.15. The predicted molar refractivity (Wildman–Crippen MR) is 66.5 cm³/mol. The molecule has 0 spiro atoms. The van der Waals surface area contributed by atoms with Crippen molar-refractivity contribution in [3.05, 3.63) is 17.5 Å². The van der Waals surface area contributed by atoms with E-state index in [0.29, 0.717) is 12.8 Å². The van der Waals surface area contributed by atoms with Crippen LogP contribution in [0.25, 0.3) is 0 Å². The third kappa shape index (κ3) is 3.81. The minimum absolute atomic E-state index is 0.139. The summed E-state index contributed by atoms with van der Waals surface area (Å²) in [6, 6.07) is 0. The zero-order valence-electron chi connectivity index (χ0n) is 10.5. The van der Waals surface area contributed by atoms with Crippen molar-refractivity contribution < 1.29 is 13.5 Å². The van der Waals surface area contributed by atoms with Gasteiger partial charge in [-0.1, -0.05) is 6.92 Å². The zero-order valence-corrected chi connectivity index (χ0v) is 11.4. The summed E-state index contributed by atoms with van der Waals surface area (Å²) in [6.45, 7) is 3.52. The summed E-state index contributed by atoms with van der Waals surface area (Å²) in [5.74, 6) is 0.300. The summed E-state index contributed by atoms with van der Waals surface area (Å²) in [4.78, 5) is 0. The topological polar surface area (TPSA) is 72.2 Å². The first-order valence-corrected chi connectivity index (χ1v) is 7.56. The quantitative estimate of drug-likeness (QED) is 0.827. The van der Waals surface area contributed by atoms with Gasteiger partial charge in [0.2, 0.25) is 0 Å². The first-order valence-electron chi connectivity index (χ1n) is 5.74. The predicted octanol–water partition coefficient (Wildman–Crippen LogP) is 0.977. The number of aliphatic hydroxyl groups excluding tert-OH is 1. The second-order valence-corrected chi connectivity index (χ2v) is 6.68. The molecular weight excluding hydrogens is 240 g/mol. The molecule has 0 amide bonds. The van der Waals surface area contributed by atoms with Gasteiger partial charge < -0.3 is 5.11 Å². The van der Waals surface area contributed by atoms with Crippen LogP contribution >= 0.6 is 0 Å². The van der Waals surface area contributed by atoms with Gasteiger partial charge in [0.25, 0.3) is 0 Å². The van der Waals surface area contributed by atoms with Gasteiger partial charge in [-0.3, -0.25) is 4.68 Å². The number of sulfone groups is 1. The van der Waals surface area contributed by atoms with Crippen LogP contribution in [-0.2, 0) is 16.9 Å². The maximum absolute atomic E-state index is 11.3. The second kappa shape index (κ2) is 5.64. The Labute approximate surface area is 102 Å². The molecule has 1 atom stereocenters. The first-order chi connectivity index (χ1) is 7.87. The molecule has 0 fully saturated rings. The summed E-state index contributed by atoms with van der Waals surface area (Å²) in [5.41, 5.74) is 1.69. The molecule has 1 unspecified atom stereocenters. The summed E-state index contributed by atoms with van der Waals surface area (Å²) < 4.78 is 24.3. The molecule has 0 aromatic carbocycles. The van der Waals surface area contributed by atoms with E-state index in [0.717, 1.165) is 11.3 Å². The fourth-order valence-corrected chi connectivity index (χ4v) is 2.53. The molecular formula is C11H20N2O3S. The highest BCUT2D eigenvalue weighted by molar-refractivity contribution is 7.91. The highest BCUT2D eigenvalue weighted by Crippen LogP contribution is 2.21. The van der Waals surface area contributed by atoms with E-state index in [9.17, 15) is 13.5 Å². The lowest BCUT2D eigenvalue weighted by molar-refractivity contribution is 0.166. The number of aliphatic hydroxyl groups is 1. The summed E-state index contributed by atoms with van der Waals surface area (Å²) in [5, 5.41) is 14.0. The van der Waals surface area contributed by atoms with Crippen LogP contribution in [0.3, 0.4) is 0 Å². The molecule has 1 aromatic rings. The third-order valence-electron chi connectivity index (χ3n) is 3.00. The number of aromatic nitrogens is 2.